The highest BCUT2D eigenvalue weighted by Crippen LogP contribution is 2.17. The van der Waals surface area contributed by atoms with Gasteiger partial charge < -0.3 is 10.5 Å². The Balaban J connectivity index is 2.04. The highest BCUT2D eigenvalue weighted by Gasteiger charge is 2.01. The number of benzene rings is 2. The van der Waals surface area contributed by atoms with Crippen molar-refractivity contribution in [3.63, 3.8) is 0 Å². The Hall–Kier alpha value is -2.47. The van der Waals surface area contributed by atoms with Gasteiger partial charge in [-0.05, 0) is 42.0 Å². The number of nitrogens with two attached hydrogens (primary N) is 1. The van der Waals surface area contributed by atoms with Gasteiger partial charge in [0, 0.05) is 5.56 Å². The summed E-state index contributed by atoms with van der Waals surface area (Å²) in [6, 6.07) is 13.6. The molecule has 0 spiro atoms. The molecule has 2 aromatic rings. The number of thiocarbonyl (C=S) groups is 1. The van der Waals surface area contributed by atoms with Crippen LogP contribution in [0.15, 0.2) is 53.6 Å². The zero-order chi connectivity index (χ0) is 15.1. The number of halogens is 1. The smallest absolute Gasteiger partial charge is 0.184 e. The van der Waals surface area contributed by atoms with E-state index in [4.69, 9.17) is 10.5 Å². The van der Waals surface area contributed by atoms with Crippen LogP contribution >= 0.6 is 12.2 Å². The normalized spacial score (nSPS) is 10.5. The van der Waals surface area contributed by atoms with E-state index < -0.39 is 0 Å². The maximum Gasteiger partial charge on any atom is 0.184 e. The molecule has 0 heterocycles. The number of nitrogens with zero attached hydrogens (tertiary/aromatic N) is 1. The fourth-order valence-corrected chi connectivity index (χ4v) is 1.68. The van der Waals surface area contributed by atoms with E-state index in [9.17, 15) is 4.39 Å². The second kappa shape index (κ2) is 7.35. The molecule has 0 saturated carbocycles. The van der Waals surface area contributed by atoms with Crippen molar-refractivity contribution in [2.45, 2.75) is 6.61 Å². The van der Waals surface area contributed by atoms with Crippen molar-refractivity contribution in [2.24, 2.45) is 10.8 Å². The SMILES string of the molecule is NC(=S)N/N=C\c1ccccc1OCc1ccc(F)cc1. The Morgan fingerprint density at radius 1 is 1.24 bits per heavy atom. The minimum absolute atomic E-state index is 0.0935. The van der Waals surface area contributed by atoms with Crippen molar-refractivity contribution in [3.8, 4) is 5.75 Å². The van der Waals surface area contributed by atoms with Gasteiger partial charge in [-0.2, -0.15) is 5.10 Å². The molecular formula is C15H14FN3OS. The number of hydrogen-bond acceptors (Lipinski definition) is 3. The van der Waals surface area contributed by atoms with E-state index in [0.717, 1.165) is 11.1 Å². The number of rotatable bonds is 5. The first kappa shape index (κ1) is 14.9. The first-order valence-corrected chi connectivity index (χ1v) is 6.61. The first-order valence-electron chi connectivity index (χ1n) is 6.20. The van der Waals surface area contributed by atoms with E-state index in [1.54, 1.807) is 18.3 Å². The van der Waals surface area contributed by atoms with Crippen LogP contribution in [0.5, 0.6) is 5.75 Å². The lowest BCUT2D eigenvalue weighted by Gasteiger charge is -2.09. The Bertz CT molecular complexity index is 644. The van der Waals surface area contributed by atoms with Crippen molar-refractivity contribution in [1.82, 2.24) is 5.43 Å². The van der Waals surface area contributed by atoms with Crippen LogP contribution in [-0.4, -0.2) is 11.3 Å². The average Bonchev–Trinajstić information content (AvgIpc) is 2.47. The molecule has 0 saturated heterocycles. The number of hydrazone groups is 1. The maximum atomic E-state index is 12.8. The number of ether oxygens (including phenoxy) is 1. The van der Waals surface area contributed by atoms with Gasteiger partial charge >= 0.3 is 0 Å². The molecule has 0 radical (unpaired) electrons. The summed E-state index contributed by atoms with van der Waals surface area (Å²) in [5.41, 5.74) is 9.43. The third kappa shape index (κ3) is 4.85. The van der Waals surface area contributed by atoms with Gasteiger partial charge in [-0.15, -0.1) is 0 Å². The molecule has 0 aromatic heterocycles. The Morgan fingerprint density at radius 3 is 2.67 bits per heavy atom. The van der Waals surface area contributed by atoms with Gasteiger partial charge in [0.25, 0.3) is 0 Å². The largest absolute Gasteiger partial charge is 0.488 e. The lowest BCUT2D eigenvalue weighted by molar-refractivity contribution is 0.305. The van der Waals surface area contributed by atoms with Crippen LogP contribution in [-0.2, 0) is 6.61 Å². The molecule has 0 amide bonds. The van der Waals surface area contributed by atoms with Crippen LogP contribution in [0, 0.1) is 5.82 Å². The summed E-state index contributed by atoms with van der Waals surface area (Å²) in [5, 5.41) is 3.99. The van der Waals surface area contributed by atoms with Crippen LogP contribution in [0.2, 0.25) is 0 Å². The van der Waals surface area contributed by atoms with Crippen LogP contribution in [0.1, 0.15) is 11.1 Å². The molecule has 0 unspecified atom stereocenters. The Morgan fingerprint density at radius 2 is 1.95 bits per heavy atom. The summed E-state index contributed by atoms with van der Waals surface area (Å²) in [4.78, 5) is 0. The van der Waals surface area contributed by atoms with E-state index in [0.29, 0.717) is 12.4 Å². The average molecular weight is 303 g/mol. The van der Waals surface area contributed by atoms with Gasteiger partial charge in [-0.1, -0.05) is 24.3 Å². The molecule has 0 atom stereocenters. The molecule has 6 heteroatoms. The van der Waals surface area contributed by atoms with Crippen LogP contribution in [0.4, 0.5) is 4.39 Å². The van der Waals surface area contributed by atoms with E-state index in [2.05, 4.69) is 22.7 Å². The lowest BCUT2D eigenvalue weighted by Crippen LogP contribution is -2.24. The molecule has 108 valence electrons. The second-order valence-electron chi connectivity index (χ2n) is 4.19. The van der Waals surface area contributed by atoms with Gasteiger partial charge in [0.05, 0.1) is 6.21 Å². The van der Waals surface area contributed by atoms with Gasteiger partial charge in [0.1, 0.15) is 18.2 Å². The van der Waals surface area contributed by atoms with E-state index in [-0.39, 0.29) is 10.9 Å². The summed E-state index contributed by atoms with van der Waals surface area (Å²) in [6.07, 6.45) is 1.57. The molecule has 0 aliphatic carbocycles. The number of nitrogens with one attached hydrogen (secondary N) is 1. The molecule has 2 aromatic carbocycles. The zero-order valence-corrected chi connectivity index (χ0v) is 11.9. The van der Waals surface area contributed by atoms with Crippen molar-refractivity contribution in [3.05, 3.63) is 65.5 Å². The summed E-state index contributed by atoms with van der Waals surface area (Å²) in [6.45, 7) is 0.341. The molecule has 2 rings (SSSR count). The Labute approximate surface area is 127 Å². The maximum absolute atomic E-state index is 12.8. The summed E-state index contributed by atoms with van der Waals surface area (Å²) >= 11 is 4.66. The van der Waals surface area contributed by atoms with Crippen LogP contribution in [0.25, 0.3) is 0 Å². The molecule has 0 aliphatic rings. The molecule has 3 N–H and O–H groups in total. The predicted molar refractivity (Wildman–Crippen MR) is 84.7 cm³/mol. The highest BCUT2D eigenvalue weighted by molar-refractivity contribution is 7.80. The number of hydrogen-bond donors (Lipinski definition) is 2. The highest BCUT2D eigenvalue weighted by atomic mass is 32.1. The third-order valence-corrected chi connectivity index (χ3v) is 2.70. The lowest BCUT2D eigenvalue weighted by atomic mass is 10.2. The monoisotopic (exact) mass is 303 g/mol. The summed E-state index contributed by atoms with van der Waals surface area (Å²) in [7, 11) is 0. The van der Waals surface area contributed by atoms with Gasteiger partial charge in [0.15, 0.2) is 5.11 Å². The fourth-order valence-electron chi connectivity index (χ4n) is 1.63. The first-order chi connectivity index (χ1) is 10.1. The molecule has 0 aliphatic heterocycles. The fraction of sp³-hybridized carbons (Fsp3) is 0.0667. The topological polar surface area (TPSA) is 59.6 Å². The number of para-hydroxylation sites is 1. The molecule has 21 heavy (non-hydrogen) atoms. The van der Waals surface area contributed by atoms with Crippen LogP contribution < -0.4 is 15.9 Å². The van der Waals surface area contributed by atoms with Crippen molar-refractivity contribution >= 4 is 23.5 Å². The summed E-state index contributed by atoms with van der Waals surface area (Å²) < 4.78 is 18.5. The predicted octanol–water partition coefficient (Wildman–Crippen LogP) is 2.57. The second-order valence-corrected chi connectivity index (χ2v) is 4.63. The van der Waals surface area contributed by atoms with Gasteiger partial charge in [-0.25, -0.2) is 4.39 Å². The summed E-state index contributed by atoms with van der Waals surface area (Å²) in [5.74, 6) is 0.394. The minimum atomic E-state index is -0.268. The van der Waals surface area contributed by atoms with Crippen molar-refractivity contribution in [1.29, 1.82) is 0 Å². The van der Waals surface area contributed by atoms with Crippen LogP contribution in [0.3, 0.4) is 0 Å². The third-order valence-electron chi connectivity index (χ3n) is 2.60. The molecular weight excluding hydrogens is 289 g/mol. The molecule has 0 bridgehead atoms. The van der Waals surface area contributed by atoms with Gasteiger partial charge in [0.2, 0.25) is 0 Å². The van der Waals surface area contributed by atoms with Crippen molar-refractivity contribution in [2.75, 3.05) is 0 Å². The Kier molecular flexibility index (Phi) is 5.22. The van der Waals surface area contributed by atoms with Gasteiger partial charge in [-0.3, -0.25) is 5.43 Å². The van der Waals surface area contributed by atoms with Crippen molar-refractivity contribution < 1.29 is 9.13 Å². The quantitative estimate of drug-likeness (QED) is 0.506. The van der Waals surface area contributed by atoms with E-state index in [1.807, 2.05) is 24.3 Å². The van der Waals surface area contributed by atoms with E-state index in [1.165, 1.54) is 12.1 Å². The minimum Gasteiger partial charge on any atom is -0.488 e. The molecule has 0 fully saturated rings. The molecule has 4 nitrogen and oxygen atoms in total. The van der Waals surface area contributed by atoms with E-state index >= 15 is 0 Å². The standard InChI is InChI=1S/C15H14FN3OS/c16-13-7-5-11(6-8-13)10-20-14-4-2-1-3-12(14)9-18-19-15(17)21/h1-9H,10H2,(H3,17,19,21)/b18-9-. The zero-order valence-electron chi connectivity index (χ0n) is 11.1.